The van der Waals surface area contributed by atoms with Crippen LogP contribution in [0.25, 0.3) is 0 Å². The summed E-state index contributed by atoms with van der Waals surface area (Å²) in [7, 11) is 0. The number of benzene rings is 1. The highest BCUT2D eigenvalue weighted by atomic mass is 16.5. The van der Waals surface area contributed by atoms with Crippen LogP contribution in [0.15, 0.2) is 41.0 Å². The lowest BCUT2D eigenvalue weighted by atomic mass is 10.1. The highest BCUT2D eigenvalue weighted by Gasteiger charge is 2.28. The van der Waals surface area contributed by atoms with Gasteiger partial charge in [-0.15, -0.1) is 0 Å². The van der Waals surface area contributed by atoms with Crippen LogP contribution in [0.4, 0.5) is 5.69 Å². The first kappa shape index (κ1) is 15.6. The summed E-state index contributed by atoms with van der Waals surface area (Å²) in [5, 5.41) is 11.7. The number of nitrogens with zero attached hydrogens (tertiary/aromatic N) is 1. The third-order valence-corrected chi connectivity index (χ3v) is 3.49. The van der Waals surface area contributed by atoms with E-state index in [1.165, 1.54) is 29.4 Å². The maximum Gasteiger partial charge on any atom is 0.335 e. The molecule has 0 saturated heterocycles. The van der Waals surface area contributed by atoms with Crippen LogP contribution in [0.5, 0.6) is 5.75 Å². The fraction of sp³-hybridized carbons (Fsp3) is 0.188. The van der Waals surface area contributed by atoms with Crippen molar-refractivity contribution in [3.63, 3.8) is 0 Å². The molecule has 8 nitrogen and oxygen atoms in total. The Morgan fingerprint density at radius 1 is 1.29 bits per heavy atom. The van der Waals surface area contributed by atoms with Crippen molar-refractivity contribution in [2.75, 3.05) is 18.1 Å². The molecule has 8 heteroatoms. The van der Waals surface area contributed by atoms with Crippen molar-refractivity contribution in [3.8, 4) is 5.75 Å². The number of carbonyl (C=O) groups excluding carboxylic acids is 2. The molecule has 2 aromatic rings. The summed E-state index contributed by atoms with van der Waals surface area (Å²) >= 11 is 0. The molecule has 2 N–H and O–H groups in total. The van der Waals surface area contributed by atoms with Gasteiger partial charge in [0.25, 0.3) is 5.91 Å². The van der Waals surface area contributed by atoms with E-state index in [2.05, 4.69) is 5.32 Å². The van der Waals surface area contributed by atoms with Crippen LogP contribution < -0.4 is 15.0 Å². The first-order valence-electron chi connectivity index (χ1n) is 7.14. The van der Waals surface area contributed by atoms with Crippen LogP contribution in [0.3, 0.4) is 0 Å². The third-order valence-electron chi connectivity index (χ3n) is 3.49. The molecule has 0 atom stereocenters. The molecule has 0 aliphatic carbocycles. The zero-order chi connectivity index (χ0) is 17.1. The third kappa shape index (κ3) is 3.22. The summed E-state index contributed by atoms with van der Waals surface area (Å²) in [5.41, 5.74) is 0.412. The lowest BCUT2D eigenvalue weighted by molar-refractivity contribution is -0.125. The maximum atomic E-state index is 12.1. The van der Waals surface area contributed by atoms with Gasteiger partial charge in [-0.3, -0.25) is 14.5 Å². The molecule has 1 aromatic carbocycles. The number of furan rings is 1. The number of anilines is 1. The zero-order valence-corrected chi connectivity index (χ0v) is 12.5. The number of carbonyl (C=O) groups is 3. The second-order valence-corrected chi connectivity index (χ2v) is 5.11. The number of nitrogens with one attached hydrogen (secondary N) is 1. The summed E-state index contributed by atoms with van der Waals surface area (Å²) in [6.07, 6.45) is 1.50. The van der Waals surface area contributed by atoms with E-state index in [9.17, 15) is 14.4 Å². The van der Waals surface area contributed by atoms with Gasteiger partial charge in [0.05, 0.1) is 24.1 Å². The average Bonchev–Trinajstić information content (AvgIpc) is 3.08. The molecule has 1 aliphatic heterocycles. The van der Waals surface area contributed by atoms with Crippen LogP contribution in [0.2, 0.25) is 0 Å². The van der Waals surface area contributed by atoms with Gasteiger partial charge in [-0.05, 0) is 30.3 Å². The number of hydrogen-bond acceptors (Lipinski definition) is 5. The molecule has 0 fully saturated rings. The van der Waals surface area contributed by atoms with Gasteiger partial charge in [0.15, 0.2) is 6.61 Å². The van der Waals surface area contributed by atoms with Gasteiger partial charge in [0.1, 0.15) is 18.1 Å². The number of carboxylic acids is 1. The van der Waals surface area contributed by atoms with E-state index in [0.29, 0.717) is 11.4 Å². The predicted octanol–water partition coefficient (Wildman–Crippen LogP) is 1.02. The standard InChI is InChI=1S/C16H14N2O6/c19-14(17-7-11-2-1-5-23-11)8-18-12-4-3-10(16(21)22)6-13(12)24-9-15(18)20/h1-6H,7-9H2,(H,17,19)(H,21,22). The fourth-order valence-electron chi connectivity index (χ4n) is 2.31. The molecule has 24 heavy (non-hydrogen) atoms. The largest absolute Gasteiger partial charge is 0.482 e. The van der Waals surface area contributed by atoms with Gasteiger partial charge in [-0.1, -0.05) is 0 Å². The summed E-state index contributed by atoms with van der Waals surface area (Å²) in [6.45, 7) is -0.223. The minimum atomic E-state index is -1.10. The number of ether oxygens (including phenoxy) is 1. The van der Waals surface area contributed by atoms with Gasteiger partial charge in [0.2, 0.25) is 5.91 Å². The minimum absolute atomic E-state index is 0.0466. The van der Waals surface area contributed by atoms with Crippen LogP contribution in [0, 0.1) is 0 Å². The molecular formula is C16H14N2O6. The highest BCUT2D eigenvalue weighted by molar-refractivity contribution is 6.02. The monoisotopic (exact) mass is 330 g/mol. The van der Waals surface area contributed by atoms with Crippen molar-refractivity contribution in [1.82, 2.24) is 5.32 Å². The van der Waals surface area contributed by atoms with E-state index in [-0.39, 0.29) is 42.8 Å². The minimum Gasteiger partial charge on any atom is -0.482 e. The Balaban J connectivity index is 1.72. The Hall–Kier alpha value is -3.29. The van der Waals surface area contributed by atoms with Crippen LogP contribution >= 0.6 is 0 Å². The molecule has 1 aliphatic rings. The first-order valence-corrected chi connectivity index (χ1v) is 7.14. The van der Waals surface area contributed by atoms with Crippen molar-refractivity contribution in [3.05, 3.63) is 47.9 Å². The van der Waals surface area contributed by atoms with Crippen molar-refractivity contribution in [1.29, 1.82) is 0 Å². The van der Waals surface area contributed by atoms with E-state index in [1.807, 2.05) is 0 Å². The van der Waals surface area contributed by atoms with Gasteiger partial charge >= 0.3 is 5.97 Å². The van der Waals surface area contributed by atoms with Gasteiger partial charge in [0, 0.05) is 0 Å². The predicted molar refractivity (Wildman–Crippen MR) is 81.8 cm³/mol. The molecule has 0 bridgehead atoms. The van der Waals surface area contributed by atoms with Gasteiger partial charge in [-0.2, -0.15) is 0 Å². The van der Waals surface area contributed by atoms with Crippen LogP contribution in [-0.2, 0) is 16.1 Å². The van der Waals surface area contributed by atoms with Crippen molar-refractivity contribution in [2.45, 2.75) is 6.54 Å². The summed E-state index contributed by atoms with van der Waals surface area (Å²) in [4.78, 5) is 36.4. The van der Waals surface area contributed by atoms with E-state index >= 15 is 0 Å². The number of carboxylic acid groups (broad SMARTS) is 1. The quantitative estimate of drug-likeness (QED) is 0.847. The topological polar surface area (TPSA) is 109 Å². The molecule has 0 radical (unpaired) electrons. The normalized spacial score (nSPS) is 13.2. The Labute approximate surface area is 136 Å². The number of rotatable bonds is 5. The van der Waals surface area contributed by atoms with Gasteiger partial charge < -0.3 is 19.6 Å². The molecule has 124 valence electrons. The summed E-state index contributed by atoms with van der Waals surface area (Å²) in [5.74, 6) is -0.980. The maximum absolute atomic E-state index is 12.1. The lowest BCUT2D eigenvalue weighted by Gasteiger charge is -2.29. The fourth-order valence-corrected chi connectivity index (χ4v) is 2.31. The van der Waals surface area contributed by atoms with E-state index < -0.39 is 5.97 Å². The highest BCUT2D eigenvalue weighted by Crippen LogP contribution is 2.32. The lowest BCUT2D eigenvalue weighted by Crippen LogP contribution is -2.45. The molecule has 3 rings (SSSR count). The van der Waals surface area contributed by atoms with Gasteiger partial charge in [-0.25, -0.2) is 4.79 Å². The second kappa shape index (κ2) is 6.45. The number of aromatic carboxylic acids is 1. The van der Waals surface area contributed by atoms with Crippen molar-refractivity contribution >= 4 is 23.5 Å². The van der Waals surface area contributed by atoms with E-state index in [4.69, 9.17) is 14.3 Å². The molecule has 2 heterocycles. The van der Waals surface area contributed by atoms with E-state index in [0.717, 1.165) is 0 Å². The SMILES string of the molecule is O=C(CN1C(=O)COc2cc(C(=O)O)ccc21)NCc1ccco1. The molecule has 0 saturated carbocycles. The molecule has 2 amide bonds. The van der Waals surface area contributed by atoms with Crippen LogP contribution in [0.1, 0.15) is 16.1 Å². The Bertz CT molecular complexity index is 784. The number of fused-ring (bicyclic) bond motifs is 1. The number of hydrogen-bond donors (Lipinski definition) is 2. The smallest absolute Gasteiger partial charge is 0.335 e. The summed E-state index contributed by atoms with van der Waals surface area (Å²) < 4.78 is 10.4. The average molecular weight is 330 g/mol. The van der Waals surface area contributed by atoms with E-state index in [1.54, 1.807) is 12.1 Å². The zero-order valence-electron chi connectivity index (χ0n) is 12.5. The Kier molecular flexibility index (Phi) is 4.19. The second-order valence-electron chi connectivity index (χ2n) is 5.11. The molecular weight excluding hydrogens is 316 g/mol. The van der Waals surface area contributed by atoms with Crippen molar-refractivity contribution < 1.29 is 28.6 Å². The van der Waals surface area contributed by atoms with Crippen LogP contribution in [-0.4, -0.2) is 36.0 Å². The number of amides is 2. The molecule has 1 aromatic heterocycles. The molecule has 0 spiro atoms. The summed E-state index contributed by atoms with van der Waals surface area (Å²) in [6, 6.07) is 7.58. The van der Waals surface area contributed by atoms with Crippen molar-refractivity contribution in [2.24, 2.45) is 0 Å². The first-order chi connectivity index (χ1) is 11.5. The molecule has 0 unspecified atom stereocenters. The Morgan fingerprint density at radius 2 is 2.12 bits per heavy atom. The Morgan fingerprint density at radius 3 is 2.83 bits per heavy atom.